The molecule has 8 nitrogen and oxygen atoms in total. The number of nitrogens with one attached hydrogen (secondary N) is 1. The lowest BCUT2D eigenvalue weighted by atomic mass is 9.98. The molecule has 0 aliphatic carbocycles. The number of hydrogen-bond acceptors (Lipinski definition) is 7. The van der Waals surface area contributed by atoms with Gasteiger partial charge in [0.05, 0.1) is 35.1 Å². The van der Waals surface area contributed by atoms with Crippen molar-refractivity contribution in [2.75, 3.05) is 25.1 Å². The molecule has 33 heavy (non-hydrogen) atoms. The quantitative estimate of drug-likeness (QED) is 0.551. The van der Waals surface area contributed by atoms with E-state index in [2.05, 4.69) is 26.5 Å². The fraction of sp³-hybridized carbons (Fsp3) is 0.417. The first-order chi connectivity index (χ1) is 15.8. The van der Waals surface area contributed by atoms with Crippen LogP contribution in [0.4, 0.5) is 16.0 Å². The number of nitrogens with zero attached hydrogens (tertiary/aromatic N) is 5. The van der Waals surface area contributed by atoms with Crippen molar-refractivity contribution in [3.63, 3.8) is 0 Å². The molecule has 0 spiro atoms. The highest BCUT2D eigenvalue weighted by Gasteiger charge is 2.20. The van der Waals surface area contributed by atoms with Gasteiger partial charge in [-0.1, -0.05) is 0 Å². The van der Waals surface area contributed by atoms with Crippen molar-refractivity contribution in [2.24, 2.45) is 5.41 Å². The van der Waals surface area contributed by atoms with Gasteiger partial charge in [0.1, 0.15) is 6.61 Å². The summed E-state index contributed by atoms with van der Waals surface area (Å²) in [6, 6.07) is 7.16. The largest absolute Gasteiger partial charge is 0.489 e. The zero-order chi connectivity index (χ0) is 23.4. The summed E-state index contributed by atoms with van der Waals surface area (Å²) >= 11 is 0. The smallest absolute Gasteiger partial charge is 0.227 e. The molecule has 172 valence electrons. The molecular weight excluding hydrogens is 423 g/mol. The zero-order valence-corrected chi connectivity index (χ0v) is 19.0. The molecule has 3 heterocycles. The van der Waals surface area contributed by atoms with E-state index in [-0.39, 0.29) is 12.4 Å². The Morgan fingerprint density at radius 2 is 2.09 bits per heavy atom. The van der Waals surface area contributed by atoms with Crippen LogP contribution in [-0.2, 0) is 4.74 Å². The predicted octanol–water partition coefficient (Wildman–Crippen LogP) is 4.81. The molecule has 4 rings (SSSR count). The first kappa shape index (κ1) is 22.7. The maximum absolute atomic E-state index is 14.7. The fourth-order valence-corrected chi connectivity index (χ4v) is 3.53. The summed E-state index contributed by atoms with van der Waals surface area (Å²) < 4.78 is 27.6. The first-order valence-corrected chi connectivity index (χ1v) is 10.9. The summed E-state index contributed by atoms with van der Waals surface area (Å²) in [6.45, 7) is 6.95. The van der Waals surface area contributed by atoms with Crippen molar-refractivity contribution >= 4 is 11.6 Å². The van der Waals surface area contributed by atoms with Gasteiger partial charge in [-0.3, -0.25) is 4.68 Å². The molecule has 1 aliphatic heterocycles. The van der Waals surface area contributed by atoms with Crippen LogP contribution < -0.4 is 10.1 Å². The average molecular weight is 451 g/mol. The van der Waals surface area contributed by atoms with Crippen LogP contribution in [0.5, 0.6) is 5.75 Å². The van der Waals surface area contributed by atoms with Gasteiger partial charge in [0.25, 0.3) is 0 Å². The molecule has 1 aromatic carbocycles. The zero-order valence-electron chi connectivity index (χ0n) is 19.0. The third kappa shape index (κ3) is 5.46. The Bertz CT molecular complexity index is 1160. The van der Waals surface area contributed by atoms with Crippen molar-refractivity contribution in [2.45, 2.75) is 39.7 Å². The fourth-order valence-electron chi connectivity index (χ4n) is 3.53. The molecule has 1 fully saturated rings. The summed E-state index contributed by atoms with van der Waals surface area (Å²) in [5.74, 6) is -0.00205. The number of hydrogen-bond donors (Lipinski definition) is 1. The predicted molar refractivity (Wildman–Crippen MR) is 122 cm³/mol. The minimum Gasteiger partial charge on any atom is -0.489 e. The van der Waals surface area contributed by atoms with Crippen molar-refractivity contribution < 1.29 is 13.9 Å². The highest BCUT2D eigenvalue weighted by molar-refractivity contribution is 5.65. The van der Waals surface area contributed by atoms with Gasteiger partial charge in [-0.15, -0.1) is 0 Å². The third-order valence-corrected chi connectivity index (χ3v) is 5.49. The Morgan fingerprint density at radius 1 is 1.30 bits per heavy atom. The van der Waals surface area contributed by atoms with Gasteiger partial charge in [-0.2, -0.15) is 10.4 Å². The van der Waals surface area contributed by atoms with Crippen LogP contribution in [0.15, 0.2) is 36.8 Å². The van der Waals surface area contributed by atoms with Gasteiger partial charge in [0.2, 0.25) is 5.95 Å². The van der Waals surface area contributed by atoms with E-state index in [1.807, 2.05) is 17.8 Å². The summed E-state index contributed by atoms with van der Waals surface area (Å²) in [7, 11) is 0. The second-order valence-corrected chi connectivity index (χ2v) is 8.83. The van der Waals surface area contributed by atoms with Crippen molar-refractivity contribution in [1.82, 2.24) is 19.7 Å². The maximum atomic E-state index is 14.7. The van der Waals surface area contributed by atoms with Crippen LogP contribution in [-0.4, -0.2) is 39.6 Å². The van der Waals surface area contributed by atoms with Crippen LogP contribution in [0, 0.1) is 29.5 Å². The molecule has 1 saturated heterocycles. The Labute approximate surface area is 192 Å². The Hall–Kier alpha value is -3.51. The van der Waals surface area contributed by atoms with Crippen LogP contribution in [0.1, 0.15) is 38.3 Å². The molecule has 0 atom stereocenters. The second-order valence-electron chi connectivity index (χ2n) is 8.83. The van der Waals surface area contributed by atoms with E-state index in [0.717, 1.165) is 37.3 Å². The lowest BCUT2D eigenvalue weighted by Gasteiger charge is -2.22. The van der Waals surface area contributed by atoms with E-state index in [0.29, 0.717) is 23.2 Å². The molecule has 3 aromatic rings. The summed E-state index contributed by atoms with van der Waals surface area (Å²) in [4.78, 5) is 8.96. The van der Waals surface area contributed by atoms with E-state index >= 15 is 0 Å². The monoisotopic (exact) mass is 450 g/mol. The topological polar surface area (TPSA) is 97.9 Å². The van der Waals surface area contributed by atoms with Crippen molar-refractivity contribution in [3.8, 4) is 23.1 Å². The van der Waals surface area contributed by atoms with Crippen molar-refractivity contribution in [1.29, 1.82) is 5.26 Å². The van der Waals surface area contributed by atoms with E-state index < -0.39 is 11.2 Å². The summed E-state index contributed by atoms with van der Waals surface area (Å²) in [5.41, 5.74) is 2.13. The van der Waals surface area contributed by atoms with E-state index in [9.17, 15) is 4.39 Å². The Morgan fingerprint density at radius 3 is 2.82 bits per heavy atom. The third-order valence-electron chi connectivity index (χ3n) is 5.49. The number of anilines is 2. The molecule has 1 N–H and O–H groups in total. The van der Waals surface area contributed by atoms with Gasteiger partial charge in [-0.05, 0) is 57.4 Å². The molecule has 0 amide bonds. The molecule has 0 radical (unpaired) electrons. The SMILES string of the molecule is Cc1cnc(Nc2cnn(C3CCOCC3)c2)nc1-c1ccc(OCC(C)(C)C#N)c(F)c1. The van der Waals surface area contributed by atoms with Gasteiger partial charge in [0, 0.05) is 31.2 Å². The van der Waals surface area contributed by atoms with Crippen LogP contribution in [0.25, 0.3) is 11.3 Å². The van der Waals surface area contributed by atoms with Crippen LogP contribution in [0.3, 0.4) is 0 Å². The van der Waals surface area contributed by atoms with E-state index in [4.69, 9.17) is 14.7 Å². The summed E-state index contributed by atoms with van der Waals surface area (Å²) in [6.07, 6.45) is 7.25. The number of rotatable bonds is 7. The Balaban J connectivity index is 1.50. The van der Waals surface area contributed by atoms with Gasteiger partial charge in [0.15, 0.2) is 11.6 Å². The molecule has 2 aromatic heterocycles. The number of aryl methyl sites for hydroxylation is 1. The second kappa shape index (κ2) is 9.55. The normalized spacial score (nSPS) is 14.6. The molecule has 9 heteroatoms. The van der Waals surface area contributed by atoms with E-state index in [1.165, 1.54) is 6.07 Å². The average Bonchev–Trinajstić information content (AvgIpc) is 3.28. The molecular formula is C24H27FN6O2. The lowest BCUT2D eigenvalue weighted by Crippen LogP contribution is -2.19. The number of halogens is 1. The maximum Gasteiger partial charge on any atom is 0.227 e. The molecule has 1 aliphatic rings. The van der Waals surface area contributed by atoms with Crippen molar-refractivity contribution in [3.05, 3.63) is 48.2 Å². The van der Waals surface area contributed by atoms with Crippen LogP contribution in [0.2, 0.25) is 0 Å². The van der Waals surface area contributed by atoms with Gasteiger partial charge >= 0.3 is 0 Å². The van der Waals surface area contributed by atoms with Gasteiger partial charge < -0.3 is 14.8 Å². The molecule has 0 bridgehead atoms. The minimum atomic E-state index is -0.701. The number of nitriles is 1. The standard InChI is InChI=1S/C24H27FN6O2/c1-16-11-27-23(29-18-12-28-31(13-18)19-6-8-32-9-7-19)30-22(16)17-4-5-21(20(25)10-17)33-15-24(2,3)14-26/h4-5,10-13,19H,6-9,15H2,1-3H3,(H,27,29,30). The number of aromatic nitrogens is 4. The highest BCUT2D eigenvalue weighted by Crippen LogP contribution is 2.29. The molecule has 0 unspecified atom stereocenters. The van der Waals surface area contributed by atoms with Gasteiger partial charge in [-0.25, -0.2) is 14.4 Å². The van der Waals surface area contributed by atoms with E-state index in [1.54, 1.807) is 38.4 Å². The first-order valence-electron chi connectivity index (χ1n) is 10.9. The number of ether oxygens (including phenoxy) is 2. The lowest BCUT2D eigenvalue weighted by molar-refractivity contribution is 0.0662. The molecule has 0 saturated carbocycles. The number of benzene rings is 1. The Kier molecular flexibility index (Phi) is 6.56. The van der Waals surface area contributed by atoms with Crippen LogP contribution >= 0.6 is 0 Å². The summed E-state index contributed by atoms with van der Waals surface area (Å²) in [5, 5.41) is 16.7. The highest BCUT2D eigenvalue weighted by atomic mass is 19.1. The minimum absolute atomic E-state index is 0.0991.